The van der Waals surface area contributed by atoms with Crippen LogP contribution in [0.4, 0.5) is 0 Å². The Hall–Kier alpha value is -2.75. The molecule has 0 aliphatic heterocycles. The maximum atomic E-state index is 12.5. The first-order chi connectivity index (χ1) is 13.6. The lowest BCUT2D eigenvalue weighted by atomic mass is 9.89. The molecule has 0 bridgehead atoms. The number of hydrogen-bond acceptors (Lipinski definition) is 3. The van der Waals surface area contributed by atoms with Crippen LogP contribution in [0.1, 0.15) is 54.5 Å². The first kappa shape index (κ1) is 20.0. The lowest BCUT2D eigenvalue weighted by Crippen LogP contribution is -2.26. The smallest absolute Gasteiger partial charge is 0.244 e. The molecule has 2 aromatic carbocycles. The first-order valence-electron chi connectivity index (χ1n) is 9.97. The van der Waals surface area contributed by atoms with Crippen LogP contribution in [0.15, 0.2) is 42.5 Å². The Morgan fingerprint density at radius 3 is 2.50 bits per heavy atom. The van der Waals surface area contributed by atoms with Crippen molar-refractivity contribution < 1.29 is 14.3 Å². The maximum absolute atomic E-state index is 12.5. The molecular formula is C24H29NO3. The van der Waals surface area contributed by atoms with E-state index in [2.05, 4.69) is 30.4 Å². The minimum absolute atomic E-state index is 0.0229. The van der Waals surface area contributed by atoms with Crippen molar-refractivity contribution in [3.8, 4) is 11.5 Å². The fourth-order valence-corrected chi connectivity index (χ4v) is 3.74. The average Bonchev–Trinajstić information content (AvgIpc) is 2.75. The molecule has 0 saturated heterocycles. The molecule has 1 atom stereocenters. The number of fused-ring (bicyclic) bond motifs is 1. The highest BCUT2D eigenvalue weighted by Crippen LogP contribution is 2.28. The van der Waals surface area contributed by atoms with Crippen LogP contribution >= 0.6 is 0 Å². The van der Waals surface area contributed by atoms with E-state index in [1.165, 1.54) is 36.0 Å². The topological polar surface area (TPSA) is 47.6 Å². The summed E-state index contributed by atoms with van der Waals surface area (Å²) in [5.74, 6) is 1.22. The SMILES string of the molecule is CCC(NC(=O)/C=C/c1ccc(OC)c(OC)c1)c1ccc2c(c1)CCCC2. The monoisotopic (exact) mass is 379 g/mol. The highest BCUT2D eigenvalue weighted by molar-refractivity contribution is 5.92. The third-order valence-corrected chi connectivity index (χ3v) is 5.33. The summed E-state index contributed by atoms with van der Waals surface area (Å²) in [6.07, 6.45) is 9.07. The van der Waals surface area contributed by atoms with E-state index in [1.807, 2.05) is 18.2 Å². The predicted octanol–water partition coefficient (Wildman–Crippen LogP) is 4.86. The number of carbonyl (C=O) groups is 1. The van der Waals surface area contributed by atoms with Crippen molar-refractivity contribution in [1.29, 1.82) is 0 Å². The van der Waals surface area contributed by atoms with E-state index in [-0.39, 0.29) is 11.9 Å². The second-order valence-corrected chi connectivity index (χ2v) is 7.15. The van der Waals surface area contributed by atoms with E-state index in [9.17, 15) is 4.79 Å². The van der Waals surface area contributed by atoms with Crippen LogP contribution in [0, 0.1) is 0 Å². The van der Waals surface area contributed by atoms with Crippen LogP contribution in [0.25, 0.3) is 6.08 Å². The van der Waals surface area contributed by atoms with Gasteiger partial charge in [0.15, 0.2) is 11.5 Å². The Labute approximate surface area is 167 Å². The zero-order valence-electron chi connectivity index (χ0n) is 17.0. The third kappa shape index (κ3) is 4.75. The van der Waals surface area contributed by atoms with Crippen molar-refractivity contribution in [2.45, 2.75) is 45.1 Å². The maximum Gasteiger partial charge on any atom is 0.244 e. The molecule has 1 unspecified atom stereocenters. The molecule has 28 heavy (non-hydrogen) atoms. The fourth-order valence-electron chi connectivity index (χ4n) is 3.74. The summed E-state index contributed by atoms with van der Waals surface area (Å²) in [6, 6.07) is 12.3. The van der Waals surface area contributed by atoms with Crippen LogP contribution in [0.3, 0.4) is 0 Å². The number of benzene rings is 2. The van der Waals surface area contributed by atoms with Gasteiger partial charge in [0.05, 0.1) is 20.3 Å². The zero-order chi connectivity index (χ0) is 19.9. The van der Waals surface area contributed by atoms with E-state index in [4.69, 9.17) is 9.47 Å². The van der Waals surface area contributed by atoms with Crippen molar-refractivity contribution in [3.05, 3.63) is 64.7 Å². The molecule has 1 aliphatic carbocycles. The molecule has 148 valence electrons. The van der Waals surface area contributed by atoms with Crippen molar-refractivity contribution in [2.24, 2.45) is 0 Å². The molecule has 4 nitrogen and oxygen atoms in total. The molecule has 4 heteroatoms. The lowest BCUT2D eigenvalue weighted by Gasteiger charge is -2.21. The molecular weight excluding hydrogens is 350 g/mol. The molecule has 0 saturated carbocycles. The van der Waals surface area contributed by atoms with Crippen molar-refractivity contribution in [1.82, 2.24) is 5.32 Å². The van der Waals surface area contributed by atoms with E-state index in [0.29, 0.717) is 11.5 Å². The quantitative estimate of drug-likeness (QED) is 0.699. The minimum Gasteiger partial charge on any atom is -0.493 e. The number of ether oxygens (including phenoxy) is 2. The van der Waals surface area contributed by atoms with E-state index in [0.717, 1.165) is 18.4 Å². The van der Waals surface area contributed by atoms with Gasteiger partial charge in [0.25, 0.3) is 0 Å². The van der Waals surface area contributed by atoms with Crippen LogP contribution in [0.5, 0.6) is 11.5 Å². The minimum atomic E-state index is -0.0978. The Morgan fingerprint density at radius 1 is 1.04 bits per heavy atom. The Kier molecular flexibility index (Phi) is 6.75. The van der Waals surface area contributed by atoms with Crippen molar-refractivity contribution in [2.75, 3.05) is 14.2 Å². The second-order valence-electron chi connectivity index (χ2n) is 7.15. The molecule has 0 spiro atoms. The molecule has 0 aromatic heterocycles. The summed E-state index contributed by atoms with van der Waals surface area (Å²) in [5.41, 5.74) is 4.98. The van der Waals surface area contributed by atoms with E-state index < -0.39 is 0 Å². The summed E-state index contributed by atoms with van der Waals surface area (Å²) in [5, 5.41) is 3.13. The zero-order valence-corrected chi connectivity index (χ0v) is 17.0. The summed E-state index contributed by atoms with van der Waals surface area (Å²) >= 11 is 0. The molecule has 3 rings (SSSR count). The van der Waals surface area contributed by atoms with Gasteiger partial charge in [-0.25, -0.2) is 0 Å². The van der Waals surface area contributed by atoms with Gasteiger partial charge in [-0.05, 0) is 72.6 Å². The summed E-state index contributed by atoms with van der Waals surface area (Å²) < 4.78 is 10.6. The number of rotatable bonds is 7. The number of carbonyl (C=O) groups excluding carboxylic acids is 1. The van der Waals surface area contributed by atoms with Crippen LogP contribution in [-0.2, 0) is 17.6 Å². The van der Waals surface area contributed by atoms with Gasteiger partial charge in [-0.3, -0.25) is 4.79 Å². The standard InChI is InChI=1S/C24H29NO3/c1-4-21(20-12-11-18-7-5-6-8-19(18)16-20)25-24(26)14-10-17-9-13-22(27-2)23(15-17)28-3/h9-16,21H,4-8H2,1-3H3,(H,25,26)/b14-10+. The number of nitrogens with one attached hydrogen (secondary N) is 1. The molecule has 0 heterocycles. The fraction of sp³-hybridized carbons (Fsp3) is 0.375. The summed E-state index contributed by atoms with van der Waals surface area (Å²) in [6.45, 7) is 2.10. The van der Waals surface area contributed by atoms with Gasteiger partial charge in [0, 0.05) is 6.08 Å². The van der Waals surface area contributed by atoms with Gasteiger partial charge in [0.1, 0.15) is 0 Å². The predicted molar refractivity (Wildman–Crippen MR) is 113 cm³/mol. The number of methoxy groups -OCH3 is 2. The average molecular weight is 380 g/mol. The third-order valence-electron chi connectivity index (χ3n) is 5.33. The largest absolute Gasteiger partial charge is 0.493 e. The lowest BCUT2D eigenvalue weighted by molar-refractivity contribution is -0.117. The molecule has 1 amide bonds. The molecule has 0 radical (unpaired) electrons. The van der Waals surface area contributed by atoms with Gasteiger partial charge in [0.2, 0.25) is 5.91 Å². The van der Waals surface area contributed by atoms with Crippen LogP contribution < -0.4 is 14.8 Å². The summed E-state index contributed by atoms with van der Waals surface area (Å²) in [7, 11) is 3.20. The molecule has 0 fully saturated rings. The highest BCUT2D eigenvalue weighted by atomic mass is 16.5. The first-order valence-corrected chi connectivity index (χ1v) is 9.97. The van der Waals surface area contributed by atoms with Gasteiger partial charge in [-0.1, -0.05) is 31.2 Å². The van der Waals surface area contributed by atoms with Gasteiger partial charge < -0.3 is 14.8 Å². The second kappa shape index (κ2) is 9.45. The van der Waals surface area contributed by atoms with E-state index >= 15 is 0 Å². The molecule has 1 N–H and O–H groups in total. The normalized spacial score (nSPS) is 14.4. The molecule has 2 aromatic rings. The highest BCUT2D eigenvalue weighted by Gasteiger charge is 2.15. The Balaban J connectivity index is 1.68. The van der Waals surface area contributed by atoms with Crippen LogP contribution in [-0.4, -0.2) is 20.1 Å². The number of hydrogen-bond donors (Lipinski definition) is 1. The summed E-state index contributed by atoms with van der Waals surface area (Å²) in [4.78, 5) is 12.5. The van der Waals surface area contributed by atoms with Gasteiger partial charge >= 0.3 is 0 Å². The van der Waals surface area contributed by atoms with Crippen molar-refractivity contribution >= 4 is 12.0 Å². The number of amides is 1. The Morgan fingerprint density at radius 2 is 1.79 bits per heavy atom. The van der Waals surface area contributed by atoms with Crippen LogP contribution in [0.2, 0.25) is 0 Å². The van der Waals surface area contributed by atoms with Crippen molar-refractivity contribution in [3.63, 3.8) is 0 Å². The number of aryl methyl sites for hydroxylation is 2. The Bertz CT molecular complexity index is 857. The van der Waals surface area contributed by atoms with E-state index in [1.54, 1.807) is 26.4 Å². The van der Waals surface area contributed by atoms with Gasteiger partial charge in [-0.15, -0.1) is 0 Å². The van der Waals surface area contributed by atoms with Gasteiger partial charge in [-0.2, -0.15) is 0 Å². The molecule has 1 aliphatic rings.